The molecule has 0 saturated carbocycles. The summed E-state index contributed by atoms with van der Waals surface area (Å²) in [5, 5.41) is 6.50. The van der Waals surface area contributed by atoms with Gasteiger partial charge in [-0.05, 0) is 44.5 Å². The van der Waals surface area contributed by atoms with Gasteiger partial charge in [0.1, 0.15) is 23.7 Å². The average molecular weight is 316 g/mol. The Kier molecular flexibility index (Phi) is 6.62. The number of ether oxygens (including phenoxy) is 2. The van der Waals surface area contributed by atoms with Crippen molar-refractivity contribution in [2.24, 2.45) is 0 Å². The molecule has 1 aromatic heterocycles. The molecule has 0 spiro atoms. The van der Waals surface area contributed by atoms with E-state index in [1.165, 1.54) is 6.33 Å². The highest BCUT2D eigenvalue weighted by atomic mass is 16.5. The van der Waals surface area contributed by atoms with Crippen molar-refractivity contribution in [3.05, 3.63) is 36.7 Å². The van der Waals surface area contributed by atoms with Gasteiger partial charge in [0, 0.05) is 32.0 Å². The molecule has 0 aliphatic carbocycles. The van der Waals surface area contributed by atoms with E-state index in [4.69, 9.17) is 9.47 Å². The second kappa shape index (κ2) is 8.95. The van der Waals surface area contributed by atoms with Crippen LogP contribution in [0.2, 0.25) is 0 Å². The summed E-state index contributed by atoms with van der Waals surface area (Å²) in [5.41, 5.74) is 0.949. The van der Waals surface area contributed by atoms with Gasteiger partial charge in [0.25, 0.3) is 0 Å². The third-order valence-corrected chi connectivity index (χ3v) is 3.00. The maximum atomic E-state index is 5.63. The van der Waals surface area contributed by atoms with E-state index in [1.54, 1.807) is 7.11 Å². The molecule has 0 radical (unpaired) electrons. The Labute approximate surface area is 137 Å². The minimum absolute atomic E-state index is 0.169. The molecule has 6 heteroatoms. The lowest BCUT2D eigenvalue weighted by atomic mass is 10.3. The zero-order valence-corrected chi connectivity index (χ0v) is 13.9. The summed E-state index contributed by atoms with van der Waals surface area (Å²) in [5.74, 6) is 2.39. The summed E-state index contributed by atoms with van der Waals surface area (Å²) in [7, 11) is 1.70. The summed E-state index contributed by atoms with van der Waals surface area (Å²) in [6, 6.07) is 9.68. The fourth-order valence-corrected chi connectivity index (χ4v) is 1.99. The molecule has 0 unspecified atom stereocenters. The zero-order chi connectivity index (χ0) is 16.5. The van der Waals surface area contributed by atoms with Crippen molar-refractivity contribution in [3.8, 4) is 5.75 Å². The van der Waals surface area contributed by atoms with Crippen molar-refractivity contribution >= 4 is 17.3 Å². The number of anilines is 3. The third-order valence-electron chi connectivity index (χ3n) is 3.00. The van der Waals surface area contributed by atoms with E-state index in [-0.39, 0.29) is 6.10 Å². The Morgan fingerprint density at radius 2 is 1.83 bits per heavy atom. The first-order valence-corrected chi connectivity index (χ1v) is 7.76. The molecular formula is C17H24N4O2. The third kappa shape index (κ3) is 6.12. The van der Waals surface area contributed by atoms with Crippen molar-refractivity contribution in [1.29, 1.82) is 0 Å². The van der Waals surface area contributed by atoms with E-state index < -0.39 is 0 Å². The molecule has 0 atom stereocenters. The lowest BCUT2D eigenvalue weighted by molar-refractivity contribution is 0.198. The predicted molar refractivity (Wildman–Crippen MR) is 92.5 cm³/mol. The fourth-order valence-electron chi connectivity index (χ4n) is 1.99. The molecular weight excluding hydrogens is 292 g/mol. The quantitative estimate of drug-likeness (QED) is 0.691. The molecule has 23 heavy (non-hydrogen) atoms. The lowest BCUT2D eigenvalue weighted by Gasteiger charge is -2.11. The SMILES string of the molecule is COCCCNc1cc(Nc2ccc(OC(C)C)cc2)ncn1. The molecule has 6 nitrogen and oxygen atoms in total. The number of hydrogen-bond acceptors (Lipinski definition) is 6. The number of rotatable bonds is 9. The zero-order valence-electron chi connectivity index (χ0n) is 13.9. The Bertz CT molecular complexity index is 587. The molecule has 0 aliphatic heterocycles. The van der Waals surface area contributed by atoms with Gasteiger partial charge in [0.15, 0.2) is 0 Å². The van der Waals surface area contributed by atoms with E-state index in [9.17, 15) is 0 Å². The number of aromatic nitrogens is 2. The van der Waals surface area contributed by atoms with Crippen LogP contribution in [0.1, 0.15) is 20.3 Å². The molecule has 124 valence electrons. The van der Waals surface area contributed by atoms with E-state index in [0.717, 1.165) is 42.6 Å². The summed E-state index contributed by atoms with van der Waals surface area (Å²) >= 11 is 0. The molecule has 0 amide bonds. The van der Waals surface area contributed by atoms with E-state index in [2.05, 4.69) is 20.6 Å². The van der Waals surface area contributed by atoms with Crippen LogP contribution < -0.4 is 15.4 Å². The van der Waals surface area contributed by atoms with Crippen molar-refractivity contribution < 1.29 is 9.47 Å². The van der Waals surface area contributed by atoms with Crippen molar-refractivity contribution in [2.75, 3.05) is 30.9 Å². The molecule has 2 rings (SSSR count). The van der Waals surface area contributed by atoms with Crippen LogP contribution in [0, 0.1) is 0 Å². The van der Waals surface area contributed by atoms with Crippen LogP contribution in [0.5, 0.6) is 5.75 Å². The summed E-state index contributed by atoms with van der Waals surface area (Å²) in [6.45, 7) is 5.56. The van der Waals surface area contributed by atoms with Crippen molar-refractivity contribution in [1.82, 2.24) is 9.97 Å². The minimum Gasteiger partial charge on any atom is -0.491 e. The van der Waals surface area contributed by atoms with E-state index in [0.29, 0.717) is 0 Å². The summed E-state index contributed by atoms with van der Waals surface area (Å²) in [6.07, 6.45) is 2.64. The molecule has 0 fully saturated rings. The van der Waals surface area contributed by atoms with Crippen LogP contribution in [0.15, 0.2) is 36.7 Å². The molecule has 0 aliphatic rings. The lowest BCUT2D eigenvalue weighted by Crippen LogP contribution is -2.07. The van der Waals surface area contributed by atoms with E-state index in [1.807, 2.05) is 44.2 Å². The minimum atomic E-state index is 0.169. The largest absolute Gasteiger partial charge is 0.491 e. The highest BCUT2D eigenvalue weighted by Gasteiger charge is 2.01. The first-order valence-electron chi connectivity index (χ1n) is 7.76. The topological polar surface area (TPSA) is 68.3 Å². The van der Waals surface area contributed by atoms with Crippen molar-refractivity contribution in [2.45, 2.75) is 26.4 Å². The Morgan fingerprint density at radius 1 is 1.09 bits per heavy atom. The maximum Gasteiger partial charge on any atom is 0.135 e. The predicted octanol–water partition coefficient (Wildman–Crippen LogP) is 3.46. The molecule has 2 aromatic rings. The Hall–Kier alpha value is -2.34. The number of benzene rings is 1. The van der Waals surface area contributed by atoms with Crippen molar-refractivity contribution in [3.63, 3.8) is 0 Å². The van der Waals surface area contributed by atoms with Crippen LogP contribution in [0.25, 0.3) is 0 Å². The average Bonchev–Trinajstić information content (AvgIpc) is 2.53. The van der Waals surface area contributed by atoms with Gasteiger partial charge in [-0.15, -0.1) is 0 Å². The Morgan fingerprint density at radius 3 is 2.52 bits per heavy atom. The highest BCUT2D eigenvalue weighted by Crippen LogP contribution is 2.20. The normalized spacial score (nSPS) is 10.6. The molecule has 2 N–H and O–H groups in total. The number of nitrogens with zero attached hydrogens (tertiary/aromatic N) is 2. The van der Waals surface area contributed by atoms with Gasteiger partial charge < -0.3 is 20.1 Å². The summed E-state index contributed by atoms with van der Waals surface area (Å²) < 4.78 is 10.6. The van der Waals surface area contributed by atoms with Gasteiger partial charge in [-0.25, -0.2) is 9.97 Å². The fraction of sp³-hybridized carbons (Fsp3) is 0.412. The highest BCUT2D eigenvalue weighted by molar-refractivity contribution is 5.59. The van der Waals surface area contributed by atoms with Gasteiger partial charge in [-0.3, -0.25) is 0 Å². The number of nitrogens with one attached hydrogen (secondary N) is 2. The first-order chi connectivity index (χ1) is 11.2. The van der Waals surface area contributed by atoms with Crippen LogP contribution in [0.3, 0.4) is 0 Å². The smallest absolute Gasteiger partial charge is 0.135 e. The van der Waals surface area contributed by atoms with Crippen LogP contribution in [0.4, 0.5) is 17.3 Å². The molecule has 0 saturated heterocycles. The number of hydrogen-bond donors (Lipinski definition) is 2. The molecule has 0 bridgehead atoms. The standard InChI is InChI=1S/C17H24N4O2/c1-13(2)23-15-7-5-14(6-8-15)21-17-11-16(19-12-20-17)18-9-4-10-22-3/h5-8,11-13H,4,9-10H2,1-3H3,(H2,18,19,20,21). The number of methoxy groups -OCH3 is 1. The van der Waals surface area contributed by atoms with Gasteiger partial charge in [-0.2, -0.15) is 0 Å². The van der Waals surface area contributed by atoms with Gasteiger partial charge in [0.2, 0.25) is 0 Å². The Balaban J connectivity index is 1.91. The van der Waals surface area contributed by atoms with Crippen LogP contribution in [-0.4, -0.2) is 36.3 Å². The maximum absolute atomic E-state index is 5.63. The second-order valence-corrected chi connectivity index (χ2v) is 5.38. The monoisotopic (exact) mass is 316 g/mol. The molecule has 1 heterocycles. The van der Waals surface area contributed by atoms with E-state index >= 15 is 0 Å². The second-order valence-electron chi connectivity index (χ2n) is 5.38. The van der Waals surface area contributed by atoms with Crippen LogP contribution in [-0.2, 0) is 4.74 Å². The summed E-state index contributed by atoms with van der Waals surface area (Å²) in [4.78, 5) is 8.43. The van der Waals surface area contributed by atoms with Gasteiger partial charge in [0.05, 0.1) is 6.10 Å². The first kappa shape index (κ1) is 17.0. The van der Waals surface area contributed by atoms with Crippen LogP contribution >= 0.6 is 0 Å². The van der Waals surface area contributed by atoms with Gasteiger partial charge in [-0.1, -0.05) is 0 Å². The van der Waals surface area contributed by atoms with Gasteiger partial charge >= 0.3 is 0 Å². The molecule has 1 aromatic carbocycles.